The number of hydrogen-bond acceptors (Lipinski definition) is 5. The Labute approximate surface area is 155 Å². The lowest BCUT2D eigenvalue weighted by Crippen LogP contribution is -2.30. The molecular formula is C19H21N5O3. The number of hydrogen-bond donors (Lipinski definition) is 1. The number of carbonyl (C=O) groups is 1. The molecule has 0 spiro atoms. The molecule has 2 aromatic heterocycles. The molecule has 0 bridgehead atoms. The summed E-state index contributed by atoms with van der Waals surface area (Å²) in [6.07, 6.45) is 5.00. The van der Waals surface area contributed by atoms with Gasteiger partial charge in [0.05, 0.1) is 12.1 Å². The predicted octanol–water partition coefficient (Wildman–Crippen LogP) is 1.12. The number of aromatic nitrogens is 4. The zero-order chi connectivity index (χ0) is 18.8. The van der Waals surface area contributed by atoms with E-state index in [0.717, 1.165) is 30.5 Å². The van der Waals surface area contributed by atoms with Crippen molar-refractivity contribution in [1.29, 1.82) is 0 Å². The first-order valence-corrected chi connectivity index (χ1v) is 8.98. The molecule has 1 amide bonds. The van der Waals surface area contributed by atoms with Gasteiger partial charge in [-0.05, 0) is 24.5 Å². The van der Waals surface area contributed by atoms with Crippen molar-refractivity contribution in [2.75, 3.05) is 13.7 Å². The molecule has 4 rings (SSSR count). The van der Waals surface area contributed by atoms with Crippen LogP contribution in [0.5, 0.6) is 0 Å². The minimum Gasteiger partial charge on any atom is -0.385 e. The number of pyridine rings is 1. The number of para-hydroxylation sites is 1. The third kappa shape index (κ3) is 3.23. The standard InChI is InChI=1S/C19H21N5O3/c1-27-9-3-7-24-12-21-22-16(24)10-20-19(26)15-11-23-8-6-13-4-2-5-14(17(13)23)18(15)25/h2,4-5,11-12H,3,6-10H2,1H3,(H,20,26). The summed E-state index contributed by atoms with van der Waals surface area (Å²) in [4.78, 5) is 25.4. The lowest BCUT2D eigenvalue weighted by molar-refractivity contribution is 0.0947. The van der Waals surface area contributed by atoms with Gasteiger partial charge in [-0.2, -0.15) is 0 Å². The fourth-order valence-electron chi connectivity index (χ4n) is 3.55. The highest BCUT2D eigenvalue weighted by Crippen LogP contribution is 2.23. The summed E-state index contributed by atoms with van der Waals surface area (Å²) < 4.78 is 8.92. The Balaban J connectivity index is 1.53. The monoisotopic (exact) mass is 367 g/mol. The molecule has 0 saturated carbocycles. The zero-order valence-corrected chi connectivity index (χ0v) is 15.1. The maximum atomic E-state index is 12.8. The van der Waals surface area contributed by atoms with Crippen LogP contribution in [0.3, 0.4) is 0 Å². The minimum atomic E-state index is -0.394. The van der Waals surface area contributed by atoms with Gasteiger partial charge in [0.15, 0.2) is 5.82 Å². The Morgan fingerprint density at radius 1 is 1.37 bits per heavy atom. The van der Waals surface area contributed by atoms with Crippen molar-refractivity contribution in [3.8, 4) is 0 Å². The van der Waals surface area contributed by atoms with Crippen molar-refractivity contribution in [3.63, 3.8) is 0 Å². The number of aryl methyl sites for hydroxylation is 3. The number of rotatable bonds is 7. The molecule has 0 radical (unpaired) electrons. The Kier molecular flexibility index (Phi) is 4.72. The van der Waals surface area contributed by atoms with Crippen LogP contribution in [-0.4, -0.2) is 39.0 Å². The van der Waals surface area contributed by atoms with Crippen LogP contribution in [0.2, 0.25) is 0 Å². The zero-order valence-electron chi connectivity index (χ0n) is 15.1. The first kappa shape index (κ1) is 17.4. The summed E-state index contributed by atoms with van der Waals surface area (Å²) >= 11 is 0. The topological polar surface area (TPSA) is 91.0 Å². The summed E-state index contributed by atoms with van der Waals surface area (Å²) in [5.41, 5.74) is 2.02. The number of benzene rings is 1. The average Bonchev–Trinajstić information content (AvgIpc) is 3.30. The SMILES string of the molecule is COCCCn1cnnc1CNC(=O)c1cn2c3c(cccc3c1=O)CC2. The Morgan fingerprint density at radius 2 is 2.26 bits per heavy atom. The molecule has 140 valence electrons. The molecule has 0 unspecified atom stereocenters. The largest absolute Gasteiger partial charge is 0.385 e. The van der Waals surface area contributed by atoms with E-state index >= 15 is 0 Å². The number of carbonyl (C=O) groups excluding carboxylic acids is 1. The van der Waals surface area contributed by atoms with Crippen LogP contribution < -0.4 is 10.7 Å². The normalized spacial score (nSPS) is 12.6. The second-order valence-corrected chi connectivity index (χ2v) is 6.60. The van der Waals surface area contributed by atoms with E-state index in [1.165, 1.54) is 0 Å². The van der Waals surface area contributed by atoms with Gasteiger partial charge in [0.2, 0.25) is 5.43 Å². The minimum absolute atomic E-state index is 0.159. The van der Waals surface area contributed by atoms with Crippen LogP contribution >= 0.6 is 0 Å². The second-order valence-electron chi connectivity index (χ2n) is 6.60. The lowest BCUT2D eigenvalue weighted by atomic mass is 10.1. The van der Waals surface area contributed by atoms with Crippen molar-refractivity contribution in [2.45, 2.75) is 32.5 Å². The van der Waals surface area contributed by atoms with Gasteiger partial charge < -0.3 is 19.2 Å². The molecule has 0 aliphatic carbocycles. The first-order chi connectivity index (χ1) is 13.2. The van der Waals surface area contributed by atoms with Crippen LogP contribution in [-0.2, 0) is 30.8 Å². The average molecular weight is 367 g/mol. The Hall–Kier alpha value is -3.00. The summed E-state index contributed by atoms with van der Waals surface area (Å²) in [6, 6.07) is 5.69. The van der Waals surface area contributed by atoms with Gasteiger partial charge in [0.1, 0.15) is 11.9 Å². The molecular weight excluding hydrogens is 346 g/mol. The van der Waals surface area contributed by atoms with E-state index in [2.05, 4.69) is 15.5 Å². The number of nitrogens with one attached hydrogen (secondary N) is 1. The van der Waals surface area contributed by atoms with Crippen LogP contribution in [0.1, 0.15) is 28.2 Å². The van der Waals surface area contributed by atoms with Gasteiger partial charge in [-0.1, -0.05) is 12.1 Å². The highest BCUT2D eigenvalue weighted by atomic mass is 16.5. The predicted molar refractivity (Wildman–Crippen MR) is 99.6 cm³/mol. The van der Waals surface area contributed by atoms with Crippen molar-refractivity contribution >= 4 is 16.8 Å². The van der Waals surface area contributed by atoms with Crippen LogP contribution in [0, 0.1) is 0 Å². The molecule has 1 aliphatic rings. The van der Waals surface area contributed by atoms with Crippen molar-refractivity contribution in [2.24, 2.45) is 0 Å². The van der Waals surface area contributed by atoms with Gasteiger partial charge >= 0.3 is 0 Å². The summed E-state index contributed by atoms with van der Waals surface area (Å²) in [6.45, 7) is 2.34. The van der Waals surface area contributed by atoms with Crippen molar-refractivity contribution in [1.82, 2.24) is 24.6 Å². The highest BCUT2D eigenvalue weighted by molar-refractivity contribution is 5.98. The first-order valence-electron chi connectivity index (χ1n) is 8.98. The second kappa shape index (κ2) is 7.32. The Bertz CT molecular complexity index is 1050. The third-order valence-electron chi connectivity index (χ3n) is 4.90. The van der Waals surface area contributed by atoms with E-state index in [-0.39, 0.29) is 17.5 Å². The fraction of sp³-hybridized carbons (Fsp3) is 0.368. The molecule has 1 N–H and O–H groups in total. The summed E-state index contributed by atoms with van der Waals surface area (Å²) in [5.74, 6) is 0.251. The van der Waals surface area contributed by atoms with Gasteiger partial charge in [-0.15, -0.1) is 10.2 Å². The fourth-order valence-corrected chi connectivity index (χ4v) is 3.55. The third-order valence-corrected chi connectivity index (χ3v) is 4.90. The molecule has 8 nitrogen and oxygen atoms in total. The highest BCUT2D eigenvalue weighted by Gasteiger charge is 2.20. The lowest BCUT2D eigenvalue weighted by Gasteiger charge is -2.10. The molecule has 8 heteroatoms. The number of ether oxygens (including phenoxy) is 1. The molecule has 0 atom stereocenters. The molecule has 0 fully saturated rings. The van der Waals surface area contributed by atoms with Gasteiger partial charge in [-0.3, -0.25) is 9.59 Å². The van der Waals surface area contributed by atoms with E-state index in [4.69, 9.17) is 4.74 Å². The Morgan fingerprint density at radius 3 is 3.11 bits per heavy atom. The molecule has 3 aromatic rings. The quantitative estimate of drug-likeness (QED) is 0.632. The summed E-state index contributed by atoms with van der Waals surface area (Å²) in [5, 5.41) is 11.3. The van der Waals surface area contributed by atoms with Gasteiger partial charge in [0.25, 0.3) is 5.91 Å². The molecule has 0 saturated heterocycles. The van der Waals surface area contributed by atoms with Crippen LogP contribution in [0.4, 0.5) is 0 Å². The van der Waals surface area contributed by atoms with Gasteiger partial charge in [0, 0.05) is 38.4 Å². The van der Waals surface area contributed by atoms with Crippen molar-refractivity contribution in [3.05, 3.63) is 57.9 Å². The maximum absolute atomic E-state index is 12.8. The van der Waals surface area contributed by atoms with E-state index in [0.29, 0.717) is 24.4 Å². The molecule has 27 heavy (non-hydrogen) atoms. The summed E-state index contributed by atoms with van der Waals surface area (Å²) in [7, 11) is 1.66. The van der Waals surface area contributed by atoms with Crippen molar-refractivity contribution < 1.29 is 9.53 Å². The number of methoxy groups -OCH3 is 1. The van der Waals surface area contributed by atoms with E-state index in [9.17, 15) is 9.59 Å². The molecule has 3 heterocycles. The van der Waals surface area contributed by atoms with Gasteiger partial charge in [-0.25, -0.2) is 0 Å². The van der Waals surface area contributed by atoms with Crippen LogP contribution in [0.15, 0.2) is 35.5 Å². The van der Waals surface area contributed by atoms with E-state index in [1.807, 2.05) is 21.3 Å². The number of nitrogens with zero attached hydrogens (tertiary/aromatic N) is 4. The smallest absolute Gasteiger partial charge is 0.257 e. The molecule has 1 aromatic carbocycles. The molecule has 1 aliphatic heterocycles. The van der Waals surface area contributed by atoms with E-state index < -0.39 is 5.91 Å². The van der Waals surface area contributed by atoms with E-state index in [1.54, 1.807) is 25.7 Å². The number of amides is 1. The van der Waals surface area contributed by atoms with Crippen LogP contribution in [0.25, 0.3) is 10.9 Å². The maximum Gasteiger partial charge on any atom is 0.257 e.